The summed E-state index contributed by atoms with van der Waals surface area (Å²) in [4.78, 5) is 5.33. The summed E-state index contributed by atoms with van der Waals surface area (Å²) >= 11 is 0. The Labute approximate surface area is 105 Å². The second-order valence-corrected chi connectivity index (χ2v) is 6.70. The third-order valence-electron chi connectivity index (χ3n) is 5.00. The maximum Gasteiger partial charge on any atom is 0.0283 e. The molecular formula is C14H27N3. The molecular weight excluding hydrogens is 210 g/mol. The van der Waals surface area contributed by atoms with Gasteiger partial charge in [-0.15, -0.1) is 0 Å². The molecule has 2 N–H and O–H groups in total. The van der Waals surface area contributed by atoms with Crippen LogP contribution in [-0.4, -0.2) is 54.1 Å². The normalized spacial score (nSPS) is 35.3. The van der Waals surface area contributed by atoms with Gasteiger partial charge in [0.25, 0.3) is 0 Å². The fraction of sp³-hybridized carbons (Fsp3) is 1.00. The summed E-state index contributed by atoms with van der Waals surface area (Å²) in [7, 11) is 0. The van der Waals surface area contributed by atoms with Crippen molar-refractivity contribution < 1.29 is 0 Å². The van der Waals surface area contributed by atoms with Crippen LogP contribution in [0.2, 0.25) is 0 Å². The first-order valence-electron chi connectivity index (χ1n) is 7.40. The third kappa shape index (κ3) is 2.67. The first-order valence-corrected chi connectivity index (χ1v) is 7.40. The van der Waals surface area contributed by atoms with Crippen LogP contribution >= 0.6 is 0 Å². The number of hydrogen-bond acceptors (Lipinski definition) is 3. The average molecular weight is 237 g/mol. The molecule has 0 amide bonds. The van der Waals surface area contributed by atoms with E-state index in [1.807, 2.05) is 0 Å². The largest absolute Gasteiger partial charge is 0.324 e. The van der Waals surface area contributed by atoms with E-state index < -0.39 is 0 Å². The summed E-state index contributed by atoms with van der Waals surface area (Å²) in [5.74, 6) is 0.798. The van der Waals surface area contributed by atoms with E-state index in [0.717, 1.165) is 18.5 Å². The van der Waals surface area contributed by atoms with Crippen molar-refractivity contribution in [2.45, 2.75) is 50.6 Å². The molecule has 2 aliphatic heterocycles. The van der Waals surface area contributed by atoms with E-state index in [1.165, 1.54) is 58.3 Å². The van der Waals surface area contributed by atoms with E-state index in [9.17, 15) is 0 Å². The molecule has 0 radical (unpaired) electrons. The van der Waals surface area contributed by atoms with Gasteiger partial charge in [0, 0.05) is 37.8 Å². The molecule has 3 heteroatoms. The molecule has 2 saturated heterocycles. The van der Waals surface area contributed by atoms with Crippen LogP contribution in [0.4, 0.5) is 0 Å². The topological polar surface area (TPSA) is 32.5 Å². The number of rotatable bonds is 3. The molecule has 1 saturated carbocycles. The molecule has 17 heavy (non-hydrogen) atoms. The molecule has 1 aliphatic carbocycles. The Bertz CT molecular complexity index is 273. The molecule has 0 aromatic rings. The van der Waals surface area contributed by atoms with Crippen molar-refractivity contribution in [3.63, 3.8) is 0 Å². The van der Waals surface area contributed by atoms with Crippen LogP contribution in [0.15, 0.2) is 0 Å². The number of nitrogens with two attached hydrogens (primary N) is 1. The van der Waals surface area contributed by atoms with Crippen LogP contribution in [0.1, 0.15) is 39.0 Å². The molecule has 3 nitrogen and oxygen atoms in total. The van der Waals surface area contributed by atoms with Gasteiger partial charge in [-0.1, -0.05) is 6.42 Å². The molecule has 98 valence electrons. The summed E-state index contributed by atoms with van der Waals surface area (Å²) in [6.07, 6.45) is 6.96. The highest BCUT2D eigenvalue weighted by Gasteiger charge is 2.40. The summed E-state index contributed by atoms with van der Waals surface area (Å²) < 4.78 is 0. The van der Waals surface area contributed by atoms with E-state index in [0.29, 0.717) is 0 Å². The van der Waals surface area contributed by atoms with Crippen LogP contribution < -0.4 is 5.73 Å². The van der Waals surface area contributed by atoms with E-state index in [2.05, 4.69) is 16.7 Å². The van der Waals surface area contributed by atoms with E-state index in [4.69, 9.17) is 5.73 Å². The Kier molecular flexibility index (Phi) is 3.18. The predicted octanol–water partition coefficient (Wildman–Crippen LogP) is 1.28. The van der Waals surface area contributed by atoms with Gasteiger partial charge < -0.3 is 5.73 Å². The Morgan fingerprint density at radius 1 is 1.12 bits per heavy atom. The van der Waals surface area contributed by atoms with Gasteiger partial charge in [0.1, 0.15) is 0 Å². The SMILES string of the molecule is CC(N)(CN1CCN2CCCCC2C1)C1CC1. The maximum atomic E-state index is 6.47. The predicted molar refractivity (Wildman–Crippen MR) is 71.0 cm³/mol. The third-order valence-corrected chi connectivity index (χ3v) is 5.00. The van der Waals surface area contributed by atoms with Gasteiger partial charge in [-0.25, -0.2) is 0 Å². The molecule has 3 aliphatic rings. The van der Waals surface area contributed by atoms with Crippen molar-refractivity contribution >= 4 is 0 Å². The Morgan fingerprint density at radius 3 is 2.71 bits per heavy atom. The zero-order valence-corrected chi connectivity index (χ0v) is 11.2. The van der Waals surface area contributed by atoms with Crippen molar-refractivity contribution in [3.8, 4) is 0 Å². The smallest absolute Gasteiger partial charge is 0.0283 e. The molecule has 3 fully saturated rings. The van der Waals surface area contributed by atoms with Gasteiger partial charge in [-0.3, -0.25) is 9.80 Å². The first kappa shape index (κ1) is 11.9. The lowest BCUT2D eigenvalue weighted by molar-refractivity contribution is 0.0378. The quantitative estimate of drug-likeness (QED) is 0.803. The Balaban J connectivity index is 1.54. The van der Waals surface area contributed by atoms with Gasteiger partial charge in [0.15, 0.2) is 0 Å². The summed E-state index contributed by atoms with van der Waals surface area (Å²) in [5.41, 5.74) is 6.53. The number of hydrogen-bond donors (Lipinski definition) is 1. The standard InChI is InChI=1S/C14H27N3/c1-14(15,12-5-6-12)11-16-8-9-17-7-3-2-4-13(17)10-16/h12-13H,2-11,15H2,1H3. The van der Waals surface area contributed by atoms with Crippen molar-refractivity contribution in [2.75, 3.05) is 32.7 Å². The van der Waals surface area contributed by atoms with Crippen LogP contribution in [-0.2, 0) is 0 Å². The van der Waals surface area contributed by atoms with Crippen LogP contribution in [0, 0.1) is 5.92 Å². The highest BCUT2D eigenvalue weighted by Crippen LogP contribution is 2.38. The van der Waals surface area contributed by atoms with Gasteiger partial charge in [0.05, 0.1) is 0 Å². The van der Waals surface area contributed by atoms with Crippen molar-refractivity contribution in [1.29, 1.82) is 0 Å². The number of piperazine rings is 1. The number of piperidine rings is 1. The fourth-order valence-corrected chi connectivity index (χ4v) is 3.72. The molecule has 2 heterocycles. The van der Waals surface area contributed by atoms with Gasteiger partial charge in [-0.2, -0.15) is 0 Å². The lowest BCUT2D eigenvalue weighted by atomic mass is 9.94. The molecule has 0 aromatic carbocycles. The van der Waals surface area contributed by atoms with Gasteiger partial charge >= 0.3 is 0 Å². The molecule has 0 bridgehead atoms. The highest BCUT2D eigenvalue weighted by molar-refractivity contribution is 4.98. The lowest BCUT2D eigenvalue weighted by Crippen LogP contribution is -2.59. The minimum Gasteiger partial charge on any atom is -0.324 e. The van der Waals surface area contributed by atoms with Crippen molar-refractivity contribution in [1.82, 2.24) is 9.80 Å². The lowest BCUT2D eigenvalue weighted by Gasteiger charge is -2.46. The number of nitrogens with zero attached hydrogens (tertiary/aromatic N) is 2. The molecule has 2 unspecified atom stereocenters. The second-order valence-electron chi connectivity index (χ2n) is 6.70. The number of fused-ring (bicyclic) bond motifs is 1. The maximum absolute atomic E-state index is 6.47. The van der Waals surface area contributed by atoms with E-state index in [-0.39, 0.29) is 5.54 Å². The second kappa shape index (κ2) is 4.52. The van der Waals surface area contributed by atoms with Crippen LogP contribution in [0.3, 0.4) is 0 Å². The van der Waals surface area contributed by atoms with Crippen molar-refractivity contribution in [2.24, 2.45) is 11.7 Å². The van der Waals surface area contributed by atoms with Crippen LogP contribution in [0.25, 0.3) is 0 Å². The molecule has 3 rings (SSSR count). The minimum atomic E-state index is 0.0663. The Morgan fingerprint density at radius 2 is 1.94 bits per heavy atom. The van der Waals surface area contributed by atoms with Crippen LogP contribution in [0.5, 0.6) is 0 Å². The zero-order chi connectivity index (χ0) is 11.9. The van der Waals surface area contributed by atoms with E-state index in [1.54, 1.807) is 0 Å². The summed E-state index contributed by atoms with van der Waals surface area (Å²) in [6, 6.07) is 0.826. The summed E-state index contributed by atoms with van der Waals surface area (Å²) in [5, 5.41) is 0. The highest BCUT2D eigenvalue weighted by atomic mass is 15.3. The summed E-state index contributed by atoms with van der Waals surface area (Å²) in [6.45, 7) is 8.47. The molecule has 0 spiro atoms. The Hall–Kier alpha value is -0.120. The minimum absolute atomic E-state index is 0.0663. The molecule has 2 atom stereocenters. The molecule has 0 aromatic heterocycles. The monoisotopic (exact) mass is 237 g/mol. The average Bonchev–Trinajstić information content (AvgIpc) is 3.12. The zero-order valence-electron chi connectivity index (χ0n) is 11.2. The fourth-order valence-electron chi connectivity index (χ4n) is 3.72. The van der Waals surface area contributed by atoms with Gasteiger partial charge in [0.2, 0.25) is 0 Å². The van der Waals surface area contributed by atoms with E-state index >= 15 is 0 Å². The van der Waals surface area contributed by atoms with Crippen molar-refractivity contribution in [3.05, 3.63) is 0 Å². The van der Waals surface area contributed by atoms with Gasteiger partial charge in [-0.05, 0) is 45.1 Å². The first-order chi connectivity index (χ1) is 8.15.